The van der Waals surface area contributed by atoms with Gasteiger partial charge in [-0.05, 0) is 58.0 Å². The monoisotopic (exact) mass is 441 g/mol. The molecule has 0 bridgehead atoms. The second-order valence-corrected chi connectivity index (χ2v) is 7.89. The molecule has 1 aromatic carbocycles. The number of hydrogen-bond acceptors (Lipinski definition) is 5. The van der Waals surface area contributed by atoms with Gasteiger partial charge in [-0.15, -0.1) is 0 Å². The maximum Gasteiger partial charge on any atom is 0.123 e. The first-order valence-corrected chi connectivity index (χ1v) is 11.4. The molecule has 1 atom stereocenters. The third-order valence-corrected chi connectivity index (χ3v) is 5.16. The maximum absolute atomic E-state index is 13.4. The van der Waals surface area contributed by atoms with E-state index in [1.165, 1.54) is 23.9 Å². The fraction of sp³-hybridized carbons (Fsp3) is 0.462. The lowest BCUT2D eigenvalue weighted by molar-refractivity contribution is 0.266. The third kappa shape index (κ3) is 11.2. The fourth-order valence-corrected chi connectivity index (χ4v) is 3.30. The molecule has 0 saturated heterocycles. The van der Waals surface area contributed by atoms with Crippen molar-refractivity contribution in [1.29, 1.82) is 5.41 Å². The highest BCUT2D eigenvalue weighted by Gasteiger charge is 2.14. The van der Waals surface area contributed by atoms with E-state index < -0.39 is 0 Å². The number of nitrogens with zero attached hydrogens (tertiary/aromatic N) is 3. The molecule has 6 heteroatoms. The van der Waals surface area contributed by atoms with E-state index in [0.29, 0.717) is 5.82 Å². The van der Waals surface area contributed by atoms with Crippen LogP contribution in [-0.2, 0) is 0 Å². The number of hydrogen-bond donors (Lipinski definition) is 2. The molecule has 0 spiro atoms. The zero-order valence-electron chi connectivity index (χ0n) is 20.1. The van der Waals surface area contributed by atoms with Gasteiger partial charge < -0.3 is 20.5 Å². The third-order valence-electron chi connectivity index (χ3n) is 5.16. The van der Waals surface area contributed by atoms with Crippen molar-refractivity contribution < 1.29 is 4.39 Å². The van der Waals surface area contributed by atoms with Crippen LogP contribution in [0.1, 0.15) is 45.2 Å². The van der Waals surface area contributed by atoms with Gasteiger partial charge in [0.15, 0.2) is 0 Å². The Kier molecular flexibility index (Phi) is 13.8. The minimum atomic E-state index is -0.216. The predicted octanol–water partition coefficient (Wildman–Crippen LogP) is 5.20. The zero-order chi connectivity index (χ0) is 23.8. The van der Waals surface area contributed by atoms with Crippen LogP contribution in [-0.4, -0.2) is 62.0 Å². The van der Waals surface area contributed by atoms with Crippen LogP contribution in [0.25, 0.3) is 0 Å². The van der Waals surface area contributed by atoms with Crippen molar-refractivity contribution in [3.63, 3.8) is 0 Å². The van der Waals surface area contributed by atoms with Crippen molar-refractivity contribution in [1.82, 2.24) is 15.1 Å². The van der Waals surface area contributed by atoms with Crippen LogP contribution >= 0.6 is 0 Å². The Labute approximate surface area is 193 Å². The lowest BCUT2D eigenvalue weighted by Gasteiger charge is -2.27. The molecular formula is C26H40FN5. The number of halogens is 1. The Morgan fingerprint density at radius 1 is 1.25 bits per heavy atom. The molecule has 1 rings (SSSR count). The summed E-state index contributed by atoms with van der Waals surface area (Å²) in [7, 11) is 2.11. The number of aliphatic imine (C=N–C) groups is 1. The Hall–Kier alpha value is -2.57. The zero-order valence-corrected chi connectivity index (χ0v) is 20.1. The average molecular weight is 442 g/mol. The Balaban J connectivity index is 2.69. The van der Waals surface area contributed by atoms with Crippen molar-refractivity contribution >= 4 is 12.4 Å². The van der Waals surface area contributed by atoms with E-state index in [1.54, 1.807) is 0 Å². The molecule has 176 valence electrons. The summed E-state index contributed by atoms with van der Waals surface area (Å²) < 4.78 is 13.4. The molecule has 0 fully saturated rings. The van der Waals surface area contributed by atoms with Crippen LogP contribution in [0.4, 0.5) is 4.39 Å². The van der Waals surface area contributed by atoms with Crippen molar-refractivity contribution in [2.24, 2.45) is 4.99 Å². The van der Waals surface area contributed by atoms with Crippen molar-refractivity contribution in [3.05, 3.63) is 71.8 Å². The van der Waals surface area contributed by atoms with Gasteiger partial charge in [-0.1, -0.05) is 49.4 Å². The molecule has 0 heterocycles. The molecule has 0 amide bonds. The number of benzene rings is 1. The Morgan fingerprint density at radius 2 is 1.97 bits per heavy atom. The summed E-state index contributed by atoms with van der Waals surface area (Å²) >= 11 is 0. The van der Waals surface area contributed by atoms with Crippen LogP contribution in [0.15, 0.2) is 65.5 Å². The van der Waals surface area contributed by atoms with Gasteiger partial charge in [-0.3, -0.25) is 0 Å². The summed E-state index contributed by atoms with van der Waals surface area (Å²) in [6.45, 7) is 14.5. The van der Waals surface area contributed by atoms with Gasteiger partial charge in [0.05, 0.1) is 0 Å². The lowest BCUT2D eigenvalue weighted by Crippen LogP contribution is -2.35. The average Bonchev–Trinajstić information content (AvgIpc) is 2.78. The molecule has 0 aromatic heterocycles. The molecule has 1 unspecified atom stereocenters. The quantitative estimate of drug-likeness (QED) is 0.274. The Bertz CT molecular complexity index is 767. The summed E-state index contributed by atoms with van der Waals surface area (Å²) in [6.07, 6.45) is 11.0. The van der Waals surface area contributed by atoms with E-state index in [-0.39, 0.29) is 11.9 Å². The number of rotatable bonds is 16. The highest BCUT2D eigenvalue weighted by atomic mass is 19.1. The number of likely N-dealkylation sites (N-methyl/N-ethyl adjacent to an activating group) is 1. The summed E-state index contributed by atoms with van der Waals surface area (Å²) in [5.41, 5.74) is 2.34. The molecule has 0 saturated carbocycles. The molecule has 0 aliphatic rings. The highest BCUT2D eigenvalue weighted by molar-refractivity contribution is 6.14. The number of nitrogens with one attached hydrogen (secondary N) is 2. The second-order valence-electron chi connectivity index (χ2n) is 7.89. The molecular weight excluding hydrogens is 401 g/mol. The van der Waals surface area contributed by atoms with E-state index in [2.05, 4.69) is 72.7 Å². The first-order chi connectivity index (χ1) is 15.4. The SMILES string of the molecule is C=C(/N=C\C=N)N(CC)CCCN(C)CC(NC/C(C)=C/C=C\CC)c1ccc(F)cc1. The molecule has 1 aromatic rings. The van der Waals surface area contributed by atoms with Crippen LogP contribution in [0, 0.1) is 11.2 Å². The van der Waals surface area contributed by atoms with E-state index in [0.717, 1.165) is 57.3 Å². The molecule has 0 aliphatic heterocycles. The van der Waals surface area contributed by atoms with Gasteiger partial charge in [-0.2, -0.15) is 0 Å². The summed E-state index contributed by atoms with van der Waals surface area (Å²) in [6, 6.07) is 6.88. The molecule has 2 N–H and O–H groups in total. The number of allylic oxidation sites excluding steroid dienone is 3. The molecule has 0 radical (unpaired) electrons. The van der Waals surface area contributed by atoms with Crippen LogP contribution in [0.5, 0.6) is 0 Å². The maximum atomic E-state index is 13.4. The van der Waals surface area contributed by atoms with Gasteiger partial charge in [0.25, 0.3) is 0 Å². The van der Waals surface area contributed by atoms with E-state index in [4.69, 9.17) is 5.41 Å². The lowest BCUT2D eigenvalue weighted by atomic mass is 10.1. The molecule has 32 heavy (non-hydrogen) atoms. The largest absolute Gasteiger partial charge is 0.357 e. The fourth-order valence-electron chi connectivity index (χ4n) is 3.30. The standard InChI is InChI=1S/C26H40FN5/c1-6-8-9-11-22(3)20-30-26(24-12-14-25(27)15-13-24)21-31(5)18-10-19-32(7-2)23(4)29-17-16-28/h8-9,11-17,26,28,30H,4,6-7,10,18-21H2,1-3,5H3/b9-8-,22-11+,28-16?,29-17-. The van der Waals surface area contributed by atoms with Crippen LogP contribution in [0.3, 0.4) is 0 Å². The van der Waals surface area contributed by atoms with Gasteiger partial charge in [0.2, 0.25) is 0 Å². The second kappa shape index (κ2) is 16.1. The smallest absolute Gasteiger partial charge is 0.123 e. The van der Waals surface area contributed by atoms with E-state index >= 15 is 0 Å². The van der Waals surface area contributed by atoms with Crippen molar-refractivity contribution in [2.45, 2.75) is 39.7 Å². The van der Waals surface area contributed by atoms with Gasteiger partial charge in [-0.25, -0.2) is 9.38 Å². The summed E-state index contributed by atoms with van der Waals surface area (Å²) in [5, 5.41) is 10.7. The first-order valence-electron chi connectivity index (χ1n) is 11.4. The minimum absolute atomic E-state index is 0.105. The van der Waals surface area contributed by atoms with Crippen LogP contribution < -0.4 is 5.32 Å². The topological polar surface area (TPSA) is 54.7 Å². The van der Waals surface area contributed by atoms with E-state index in [9.17, 15) is 4.39 Å². The molecule has 0 aliphatic carbocycles. The van der Waals surface area contributed by atoms with Gasteiger partial charge in [0, 0.05) is 44.7 Å². The molecule has 5 nitrogen and oxygen atoms in total. The van der Waals surface area contributed by atoms with Crippen LogP contribution in [0.2, 0.25) is 0 Å². The Morgan fingerprint density at radius 3 is 2.59 bits per heavy atom. The van der Waals surface area contributed by atoms with Gasteiger partial charge in [0.1, 0.15) is 11.6 Å². The normalized spacial score (nSPS) is 13.2. The minimum Gasteiger partial charge on any atom is -0.357 e. The van der Waals surface area contributed by atoms with Crippen molar-refractivity contribution in [2.75, 3.05) is 39.8 Å². The first kappa shape index (κ1) is 27.5. The van der Waals surface area contributed by atoms with Gasteiger partial charge >= 0.3 is 0 Å². The van der Waals surface area contributed by atoms with E-state index in [1.807, 2.05) is 12.1 Å². The highest BCUT2D eigenvalue weighted by Crippen LogP contribution is 2.16. The summed E-state index contributed by atoms with van der Waals surface area (Å²) in [4.78, 5) is 8.59. The summed E-state index contributed by atoms with van der Waals surface area (Å²) in [5.74, 6) is 0.469. The predicted molar refractivity (Wildman–Crippen MR) is 136 cm³/mol. The van der Waals surface area contributed by atoms with Crippen molar-refractivity contribution in [3.8, 4) is 0 Å².